The van der Waals surface area contributed by atoms with Crippen LogP contribution >= 0.6 is 11.6 Å². The number of hydrogen-bond acceptors (Lipinski definition) is 4. The molecule has 0 saturated carbocycles. The highest BCUT2D eigenvalue weighted by Crippen LogP contribution is 2.21. The normalized spacial score (nSPS) is 10.7. The minimum Gasteiger partial charge on any atom is -0.325 e. The van der Waals surface area contributed by atoms with E-state index in [1.165, 1.54) is 6.07 Å². The topological polar surface area (TPSA) is 90.3 Å². The fraction of sp³-hybridized carbons (Fsp3) is 0.125. The molecule has 0 heterocycles. The fourth-order valence-corrected chi connectivity index (χ4v) is 3.02. The Balaban J connectivity index is 2.17. The highest BCUT2D eigenvalue weighted by Gasteiger charge is 2.21. The van der Waals surface area contributed by atoms with E-state index in [1.807, 2.05) is 6.07 Å². The van der Waals surface area contributed by atoms with Crippen LogP contribution in [0.2, 0.25) is 5.02 Å². The van der Waals surface area contributed by atoms with E-state index in [2.05, 4.69) is 5.32 Å². The molecule has 6 nitrogen and oxygen atoms in total. The van der Waals surface area contributed by atoms with Gasteiger partial charge in [-0.25, -0.2) is 8.42 Å². The van der Waals surface area contributed by atoms with E-state index in [9.17, 15) is 13.2 Å². The van der Waals surface area contributed by atoms with Crippen LogP contribution in [0.1, 0.15) is 5.56 Å². The van der Waals surface area contributed by atoms with Gasteiger partial charge in [-0.05, 0) is 42.5 Å². The first-order valence-corrected chi connectivity index (χ1v) is 9.05. The van der Waals surface area contributed by atoms with Gasteiger partial charge in [-0.3, -0.25) is 9.10 Å². The van der Waals surface area contributed by atoms with Crippen LogP contribution < -0.4 is 9.62 Å². The van der Waals surface area contributed by atoms with Gasteiger partial charge in [-0.2, -0.15) is 5.26 Å². The molecule has 0 radical (unpaired) electrons. The first kappa shape index (κ1) is 17.8. The van der Waals surface area contributed by atoms with E-state index in [4.69, 9.17) is 16.9 Å². The standard InChI is InChI=1S/C16H14ClN3O3S/c1-24(22,23)20(15-4-2-3-13(17)9-15)11-16(21)19-14-7-5-12(10-18)6-8-14/h2-9H,11H2,1H3,(H,19,21). The lowest BCUT2D eigenvalue weighted by atomic mass is 10.2. The lowest BCUT2D eigenvalue weighted by molar-refractivity contribution is -0.114. The zero-order valence-electron chi connectivity index (χ0n) is 12.7. The van der Waals surface area contributed by atoms with Crippen LogP contribution in [0.25, 0.3) is 0 Å². The maximum absolute atomic E-state index is 12.2. The fourth-order valence-electron chi connectivity index (χ4n) is 1.99. The van der Waals surface area contributed by atoms with Crippen molar-refractivity contribution in [2.24, 2.45) is 0 Å². The van der Waals surface area contributed by atoms with E-state index in [0.717, 1.165) is 10.6 Å². The van der Waals surface area contributed by atoms with Crippen LogP contribution in [0.15, 0.2) is 48.5 Å². The van der Waals surface area contributed by atoms with Crippen LogP contribution in [0.4, 0.5) is 11.4 Å². The van der Waals surface area contributed by atoms with Gasteiger partial charge in [0.25, 0.3) is 0 Å². The molecule has 0 unspecified atom stereocenters. The van der Waals surface area contributed by atoms with Gasteiger partial charge in [0.2, 0.25) is 15.9 Å². The molecule has 0 aromatic heterocycles. The van der Waals surface area contributed by atoms with Crippen molar-refractivity contribution in [3.63, 3.8) is 0 Å². The minimum atomic E-state index is -3.66. The SMILES string of the molecule is CS(=O)(=O)N(CC(=O)Nc1ccc(C#N)cc1)c1cccc(Cl)c1. The second kappa shape index (κ2) is 7.34. The van der Waals surface area contributed by atoms with Crippen molar-refractivity contribution in [3.8, 4) is 6.07 Å². The largest absolute Gasteiger partial charge is 0.325 e. The molecule has 124 valence electrons. The molecular weight excluding hydrogens is 350 g/mol. The maximum atomic E-state index is 12.2. The predicted octanol–water partition coefficient (Wildman–Crippen LogP) is 2.62. The summed E-state index contributed by atoms with van der Waals surface area (Å²) in [7, 11) is -3.66. The van der Waals surface area contributed by atoms with Gasteiger partial charge < -0.3 is 5.32 Å². The minimum absolute atomic E-state index is 0.306. The Morgan fingerprint density at radius 3 is 2.46 bits per heavy atom. The Morgan fingerprint density at radius 2 is 1.92 bits per heavy atom. The predicted molar refractivity (Wildman–Crippen MR) is 93.4 cm³/mol. The second-order valence-electron chi connectivity index (χ2n) is 4.99. The number of halogens is 1. The van der Waals surface area contributed by atoms with Crippen LogP contribution in [0.5, 0.6) is 0 Å². The van der Waals surface area contributed by atoms with E-state index in [-0.39, 0.29) is 6.54 Å². The molecule has 2 rings (SSSR count). The number of sulfonamides is 1. The smallest absolute Gasteiger partial charge is 0.245 e. The first-order valence-electron chi connectivity index (χ1n) is 6.83. The quantitative estimate of drug-likeness (QED) is 0.884. The second-order valence-corrected chi connectivity index (χ2v) is 7.33. The summed E-state index contributed by atoms with van der Waals surface area (Å²) in [6.07, 6.45) is 1.02. The summed E-state index contributed by atoms with van der Waals surface area (Å²) in [6, 6.07) is 14.5. The number of hydrogen-bond donors (Lipinski definition) is 1. The monoisotopic (exact) mass is 363 g/mol. The molecule has 0 aliphatic carbocycles. The maximum Gasteiger partial charge on any atom is 0.245 e. The van der Waals surface area contributed by atoms with E-state index in [0.29, 0.717) is 22.0 Å². The molecule has 24 heavy (non-hydrogen) atoms. The molecule has 0 saturated heterocycles. The third kappa shape index (κ3) is 4.72. The number of rotatable bonds is 5. The Bertz CT molecular complexity index is 890. The summed E-state index contributed by atoms with van der Waals surface area (Å²) < 4.78 is 24.9. The van der Waals surface area contributed by atoms with Gasteiger partial charge >= 0.3 is 0 Å². The van der Waals surface area contributed by atoms with Crippen LogP contribution in [0, 0.1) is 11.3 Å². The van der Waals surface area contributed by atoms with Gasteiger partial charge in [0.05, 0.1) is 23.6 Å². The Kier molecular flexibility index (Phi) is 5.44. The molecule has 2 aromatic carbocycles. The van der Waals surface area contributed by atoms with Crippen molar-refractivity contribution in [2.45, 2.75) is 0 Å². The van der Waals surface area contributed by atoms with Crippen LogP contribution in [0.3, 0.4) is 0 Å². The zero-order valence-corrected chi connectivity index (χ0v) is 14.3. The summed E-state index contributed by atoms with van der Waals surface area (Å²) in [5, 5.41) is 11.7. The third-order valence-electron chi connectivity index (χ3n) is 3.08. The van der Waals surface area contributed by atoms with Crippen molar-refractivity contribution in [1.29, 1.82) is 5.26 Å². The molecule has 2 aromatic rings. The molecular formula is C16H14ClN3O3S. The van der Waals surface area contributed by atoms with Crippen molar-refractivity contribution >= 4 is 38.9 Å². The summed E-state index contributed by atoms with van der Waals surface area (Å²) >= 11 is 5.89. The summed E-state index contributed by atoms with van der Waals surface area (Å²) in [4.78, 5) is 12.2. The molecule has 0 bridgehead atoms. The van der Waals surface area contributed by atoms with Gasteiger partial charge in [0, 0.05) is 10.7 Å². The number of carbonyl (C=O) groups excluding carboxylic acids is 1. The van der Waals surface area contributed by atoms with Crippen LogP contribution in [-0.2, 0) is 14.8 Å². The Labute approximate surface area is 145 Å². The first-order chi connectivity index (χ1) is 11.3. The summed E-state index contributed by atoms with van der Waals surface area (Å²) in [5.74, 6) is -0.509. The molecule has 1 N–H and O–H groups in total. The van der Waals surface area contributed by atoms with Crippen molar-refractivity contribution in [2.75, 3.05) is 22.4 Å². The van der Waals surface area contributed by atoms with Gasteiger partial charge in [0.15, 0.2) is 0 Å². The van der Waals surface area contributed by atoms with Gasteiger partial charge in [-0.1, -0.05) is 17.7 Å². The number of carbonyl (C=O) groups is 1. The van der Waals surface area contributed by atoms with Crippen molar-refractivity contribution < 1.29 is 13.2 Å². The number of nitriles is 1. The average Bonchev–Trinajstić information content (AvgIpc) is 2.52. The number of amides is 1. The molecule has 0 aliphatic heterocycles. The van der Waals surface area contributed by atoms with E-state index < -0.39 is 15.9 Å². The number of nitrogens with zero attached hydrogens (tertiary/aromatic N) is 2. The van der Waals surface area contributed by atoms with E-state index in [1.54, 1.807) is 42.5 Å². The number of benzene rings is 2. The highest BCUT2D eigenvalue weighted by molar-refractivity contribution is 7.92. The molecule has 8 heteroatoms. The molecule has 0 spiro atoms. The highest BCUT2D eigenvalue weighted by atomic mass is 35.5. The van der Waals surface area contributed by atoms with E-state index >= 15 is 0 Å². The van der Waals surface area contributed by atoms with Gasteiger partial charge in [0.1, 0.15) is 6.54 Å². The van der Waals surface area contributed by atoms with Crippen molar-refractivity contribution in [1.82, 2.24) is 0 Å². The molecule has 0 fully saturated rings. The number of nitrogens with one attached hydrogen (secondary N) is 1. The third-order valence-corrected chi connectivity index (χ3v) is 4.46. The molecule has 0 aliphatic rings. The average molecular weight is 364 g/mol. The summed E-state index contributed by atoms with van der Waals surface area (Å²) in [5.41, 5.74) is 1.24. The van der Waals surface area contributed by atoms with Crippen LogP contribution in [-0.4, -0.2) is 27.1 Å². The lowest BCUT2D eigenvalue weighted by Crippen LogP contribution is -2.37. The molecule has 1 amide bonds. The van der Waals surface area contributed by atoms with Crippen molar-refractivity contribution in [3.05, 3.63) is 59.1 Å². The van der Waals surface area contributed by atoms with Gasteiger partial charge in [-0.15, -0.1) is 0 Å². The zero-order chi connectivity index (χ0) is 17.7. The summed E-state index contributed by atoms with van der Waals surface area (Å²) in [6.45, 7) is -0.390. The molecule has 0 atom stereocenters. The number of anilines is 2. The Hall–Kier alpha value is -2.56. The Morgan fingerprint density at radius 1 is 1.25 bits per heavy atom. The lowest BCUT2D eigenvalue weighted by Gasteiger charge is -2.22.